The van der Waals surface area contributed by atoms with Crippen LogP contribution in [0.2, 0.25) is 0 Å². The van der Waals surface area contributed by atoms with Gasteiger partial charge in [-0.25, -0.2) is 14.2 Å². The van der Waals surface area contributed by atoms with Gasteiger partial charge in [-0.05, 0) is 6.08 Å². The molecule has 1 heterocycles. The Kier molecular flexibility index (Phi) is 6.28. The van der Waals surface area contributed by atoms with Crippen molar-refractivity contribution in [3.63, 3.8) is 0 Å². The topological polar surface area (TPSA) is 180 Å². The average molecular weight is 334 g/mol. The Hall–Kier alpha value is -2.40. The molecule has 0 aliphatic carbocycles. The van der Waals surface area contributed by atoms with Crippen LogP contribution >= 0.6 is 0 Å². The Labute approximate surface area is 130 Å². The number of nitrogens with two attached hydrogens (primary N) is 2. The van der Waals surface area contributed by atoms with Crippen LogP contribution in [-0.2, 0) is 14.3 Å². The predicted octanol–water partition coefficient (Wildman–Crippen LogP) is -2.81. The van der Waals surface area contributed by atoms with Crippen molar-refractivity contribution < 1.29 is 34.0 Å². The number of halogens is 1. The molecule has 0 unspecified atom stereocenters. The van der Waals surface area contributed by atoms with E-state index in [-0.39, 0.29) is 0 Å². The number of carbonyl (C=O) groups is 2. The zero-order chi connectivity index (χ0) is 17.7. The number of nitrogens with one attached hydrogen (secondary N) is 1. The first-order valence-electron chi connectivity index (χ1n) is 6.58. The van der Waals surface area contributed by atoms with Crippen LogP contribution in [0.4, 0.5) is 4.39 Å². The summed E-state index contributed by atoms with van der Waals surface area (Å²) >= 11 is 0. The van der Waals surface area contributed by atoms with Crippen molar-refractivity contribution in [3.05, 3.63) is 11.8 Å². The molecule has 11 heteroatoms. The van der Waals surface area contributed by atoms with E-state index in [0.717, 1.165) is 13.0 Å². The number of guanidine groups is 1. The lowest BCUT2D eigenvalue weighted by Crippen LogP contribution is -2.58. The summed E-state index contributed by atoms with van der Waals surface area (Å²) in [7, 11) is 0. The molecule has 0 bridgehead atoms. The van der Waals surface area contributed by atoms with Crippen molar-refractivity contribution in [1.82, 2.24) is 5.32 Å². The maximum atomic E-state index is 14.3. The monoisotopic (exact) mass is 334 g/mol. The molecule has 0 aromatic carbocycles. The molecule has 0 aromatic rings. The van der Waals surface area contributed by atoms with E-state index in [9.17, 15) is 19.1 Å². The van der Waals surface area contributed by atoms with Crippen LogP contribution in [0.5, 0.6) is 0 Å². The Balaban J connectivity index is 3.28. The van der Waals surface area contributed by atoms with E-state index in [0.29, 0.717) is 0 Å². The number of aliphatic imine (C=N–C) groups is 1. The number of aliphatic hydroxyl groups is 2. The van der Waals surface area contributed by atoms with Crippen LogP contribution in [0, 0.1) is 0 Å². The Morgan fingerprint density at radius 2 is 2.13 bits per heavy atom. The highest BCUT2D eigenvalue weighted by molar-refractivity contribution is 5.85. The van der Waals surface area contributed by atoms with Crippen LogP contribution in [0.1, 0.15) is 6.92 Å². The summed E-state index contributed by atoms with van der Waals surface area (Å²) in [6, 6.07) is -2.31. The van der Waals surface area contributed by atoms with E-state index in [1.165, 1.54) is 0 Å². The standard InChI is InChI=1S/C12H19FN4O6/c1-4(19)16-9-5(17-12(14)15)2-7(11(21)22)23-10(9)8(13)6(20)3-18/h2,5-6,8-10,18,20H,3H2,1H3,(H,16,19)(H,21,22)(H4,14,15,17)/t5-,6+,8-,9+,10-/m0/s1. The molecule has 0 saturated carbocycles. The third-order valence-corrected chi connectivity index (χ3v) is 3.05. The quantitative estimate of drug-likeness (QED) is 0.222. The van der Waals surface area contributed by atoms with E-state index >= 15 is 0 Å². The van der Waals surface area contributed by atoms with Crippen molar-refractivity contribution in [3.8, 4) is 0 Å². The number of aliphatic carboxylic acids is 1. The second-order valence-corrected chi connectivity index (χ2v) is 4.88. The van der Waals surface area contributed by atoms with E-state index in [1.54, 1.807) is 0 Å². The molecule has 0 spiro atoms. The first kappa shape index (κ1) is 18.6. The molecule has 1 aliphatic rings. The number of carboxylic acid groups (broad SMARTS) is 1. The van der Waals surface area contributed by atoms with Gasteiger partial charge >= 0.3 is 5.97 Å². The first-order valence-corrected chi connectivity index (χ1v) is 6.58. The second-order valence-electron chi connectivity index (χ2n) is 4.88. The summed E-state index contributed by atoms with van der Waals surface area (Å²) in [4.78, 5) is 26.2. The number of alkyl halides is 1. The minimum absolute atomic E-state index is 0.412. The summed E-state index contributed by atoms with van der Waals surface area (Å²) in [6.07, 6.45) is -4.65. The summed E-state index contributed by atoms with van der Waals surface area (Å²) in [5, 5.41) is 29.7. The average Bonchev–Trinajstić information content (AvgIpc) is 2.45. The molecule has 0 fully saturated rings. The van der Waals surface area contributed by atoms with Crippen molar-refractivity contribution in [2.45, 2.75) is 37.4 Å². The molecule has 23 heavy (non-hydrogen) atoms. The van der Waals surface area contributed by atoms with Crippen molar-refractivity contribution in [1.29, 1.82) is 0 Å². The Morgan fingerprint density at radius 3 is 2.57 bits per heavy atom. The number of hydrogen-bond acceptors (Lipinski definition) is 6. The molecule has 5 atom stereocenters. The van der Waals surface area contributed by atoms with Gasteiger partial charge in [-0.2, -0.15) is 0 Å². The highest BCUT2D eigenvalue weighted by Gasteiger charge is 2.44. The maximum absolute atomic E-state index is 14.3. The highest BCUT2D eigenvalue weighted by Crippen LogP contribution is 2.26. The van der Waals surface area contributed by atoms with Crippen molar-refractivity contribution >= 4 is 17.8 Å². The van der Waals surface area contributed by atoms with Gasteiger partial charge in [0.15, 0.2) is 18.2 Å². The van der Waals surface area contributed by atoms with E-state index in [4.69, 9.17) is 26.4 Å². The Bertz CT molecular complexity index is 522. The molecule has 1 amide bonds. The fourth-order valence-corrected chi connectivity index (χ4v) is 2.11. The number of aliphatic hydroxyl groups excluding tert-OH is 2. The molecule has 1 aliphatic heterocycles. The summed E-state index contributed by atoms with van der Waals surface area (Å²) in [5.41, 5.74) is 10.5. The van der Waals surface area contributed by atoms with Crippen LogP contribution in [0.15, 0.2) is 16.8 Å². The Morgan fingerprint density at radius 1 is 1.52 bits per heavy atom. The van der Waals surface area contributed by atoms with Crippen LogP contribution in [0.3, 0.4) is 0 Å². The summed E-state index contributed by atoms with van der Waals surface area (Å²) < 4.78 is 19.3. The van der Waals surface area contributed by atoms with Crippen LogP contribution in [-0.4, -0.2) is 70.2 Å². The fraction of sp³-hybridized carbons (Fsp3) is 0.583. The third kappa shape index (κ3) is 4.79. The number of carbonyl (C=O) groups excluding carboxylic acids is 1. The zero-order valence-corrected chi connectivity index (χ0v) is 12.2. The fourth-order valence-electron chi connectivity index (χ4n) is 2.11. The highest BCUT2D eigenvalue weighted by atomic mass is 19.1. The van der Waals surface area contributed by atoms with E-state index in [2.05, 4.69) is 10.3 Å². The number of amides is 1. The number of nitrogens with zero attached hydrogens (tertiary/aromatic N) is 1. The van der Waals surface area contributed by atoms with Gasteiger partial charge in [0.1, 0.15) is 6.10 Å². The first-order chi connectivity index (χ1) is 10.7. The lowest BCUT2D eigenvalue weighted by atomic mass is 9.93. The molecule has 8 N–H and O–H groups in total. The number of ether oxygens (including phenoxy) is 1. The van der Waals surface area contributed by atoms with Crippen LogP contribution < -0.4 is 16.8 Å². The molecule has 0 radical (unpaired) electrons. The number of rotatable bonds is 6. The summed E-state index contributed by atoms with van der Waals surface area (Å²) in [5.74, 6) is -3.13. The van der Waals surface area contributed by atoms with Gasteiger partial charge in [-0.15, -0.1) is 0 Å². The molecular weight excluding hydrogens is 315 g/mol. The van der Waals surface area contributed by atoms with Gasteiger partial charge in [0.05, 0.1) is 18.7 Å². The minimum Gasteiger partial charge on any atom is -0.478 e. The molecule has 10 nitrogen and oxygen atoms in total. The molecule has 0 saturated heterocycles. The van der Waals surface area contributed by atoms with Crippen LogP contribution in [0.25, 0.3) is 0 Å². The van der Waals surface area contributed by atoms with Gasteiger partial charge in [-0.3, -0.25) is 4.79 Å². The molecule has 0 aromatic heterocycles. The van der Waals surface area contributed by atoms with Crippen molar-refractivity contribution in [2.75, 3.05) is 6.61 Å². The number of hydrogen-bond donors (Lipinski definition) is 6. The smallest absolute Gasteiger partial charge is 0.370 e. The second kappa shape index (κ2) is 7.74. The van der Waals surface area contributed by atoms with Gasteiger partial charge in [0, 0.05) is 6.92 Å². The van der Waals surface area contributed by atoms with Gasteiger partial charge < -0.3 is 36.8 Å². The SMILES string of the molecule is CC(=O)N[C@H]1[C@H]([C@@H](F)[C@H](O)CO)OC(C(=O)O)=C[C@@H]1N=C(N)N. The largest absolute Gasteiger partial charge is 0.478 e. The number of carboxylic acids is 1. The predicted molar refractivity (Wildman–Crippen MR) is 75.8 cm³/mol. The van der Waals surface area contributed by atoms with Crippen molar-refractivity contribution in [2.24, 2.45) is 16.5 Å². The van der Waals surface area contributed by atoms with Gasteiger partial charge in [-0.1, -0.05) is 0 Å². The third-order valence-electron chi connectivity index (χ3n) is 3.05. The summed E-state index contributed by atoms with van der Waals surface area (Å²) in [6.45, 7) is 0.225. The van der Waals surface area contributed by atoms with Gasteiger partial charge in [0.2, 0.25) is 11.7 Å². The normalized spacial score (nSPS) is 26.3. The van der Waals surface area contributed by atoms with E-state index < -0.39 is 60.7 Å². The van der Waals surface area contributed by atoms with E-state index in [1.807, 2.05) is 0 Å². The molecule has 1 rings (SSSR count). The lowest BCUT2D eigenvalue weighted by Gasteiger charge is -2.37. The molecule has 130 valence electrons. The zero-order valence-electron chi connectivity index (χ0n) is 12.2. The maximum Gasteiger partial charge on any atom is 0.370 e. The van der Waals surface area contributed by atoms with Gasteiger partial charge in [0.25, 0.3) is 0 Å². The molecular formula is C12H19FN4O6. The minimum atomic E-state index is -2.20. The lowest BCUT2D eigenvalue weighted by molar-refractivity contribution is -0.142.